The van der Waals surface area contributed by atoms with Crippen LogP contribution >= 0.6 is 0 Å². The van der Waals surface area contributed by atoms with Crippen molar-refractivity contribution in [1.29, 1.82) is 0 Å². The molecule has 1 aromatic rings. The van der Waals surface area contributed by atoms with Gasteiger partial charge in [0.1, 0.15) is 5.76 Å². The molecule has 0 aliphatic carbocycles. The van der Waals surface area contributed by atoms with Crippen LogP contribution in [-0.4, -0.2) is 42.0 Å². The molecule has 0 fully saturated rings. The standard InChI is InChI=1S/C10H16N4O3/c1-7-5-8(13-17-7)12-9(15)6-14(2)10(16)3-4-11/h5H,3-4,6,11H2,1-2H3,(H,12,13,15). The molecular weight excluding hydrogens is 224 g/mol. The van der Waals surface area contributed by atoms with Crippen molar-refractivity contribution in [3.8, 4) is 0 Å². The minimum Gasteiger partial charge on any atom is -0.360 e. The van der Waals surface area contributed by atoms with Gasteiger partial charge in [-0.1, -0.05) is 5.16 Å². The topological polar surface area (TPSA) is 101 Å². The number of carbonyl (C=O) groups excluding carboxylic acids is 2. The van der Waals surface area contributed by atoms with E-state index in [1.54, 1.807) is 20.0 Å². The minimum atomic E-state index is -0.328. The Labute approximate surface area is 98.9 Å². The molecule has 0 atom stereocenters. The van der Waals surface area contributed by atoms with Gasteiger partial charge in [-0.25, -0.2) is 0 Å². The zero-order valence-electron chi connectivity index (χ0n) is 9.90. The van der Waals surface area contributed by atoms with E-state index in [4.69, 9.17) is 10.3 Å². The number of anilines is 1. The van der Waals surface area contributed by atoms with Crippen LogP contribution in [0.1, 0.15) is 12.2 Å². The predicted molar refractivity (Wildman–Crippen MR) is 61.2 cm³/mol. The van der Waals surface area contributed by atoms with Gasteiger partial charge >= 0.3 is 0 Å². The van der Waals surface area contributed by atoms with Crippen molar-refractivity contribution < 1.29 is 14.1 Å². The molecular formula is C10H16N4O3. The number of nitrogens with one attached hydrogen (secondary N) is 1. The molecule has 1 rings (SSSR count). The maximum absolute atomic E-state index is 11.5. The van der Waals surface area contributed by atoms with Crippen LogP contribution in [0.25, 0.3) is 0 Å². The molecule has 94 valence electrons. The number of aryl methyl sites for hydroxylation is 1. The Morgan fingerprint density at radius 1 is 1.59 bits per heavy atom. The molecule has 0 aliphatic heterocycles. The molecule has 0 bridgehead atoms. The summed E-state index contributed by atoms with van der Waals surface area (Å²) in [6.45, 7) is 1.96. The van der Waals surface area contributed by atoms with Crippen LogP contribution in [0, 0.1) is 6.92 Å². The van der Waals surface area contributed by atoms with Gasteiger partial charge in [0, 0.05) is 26.1 Å². The highest BCUT2D eigenvalue weighted by Gasteiger charge is 2.13. The van der Waals surface area contributed by atoms with Crippen LogP contribution in [0.5, 0.6) is 0 Å². The predicted octanol–water partition coefficient (Wildman–Crippen LogP) is -0.271. The van der Waals surface area contributed by atoms with E-state index in [1.165, 1.54) is 4.90 Å². The summed E-state index contributed by atoms with van der Waals surface area (Å²) in [6.07, 6.45) is 0.229. The molecule has 1 heterocycles. The first-order valence-electron chi connectivity index (χ1n) is 5.20. The minimum absolute atomic E-state index is 0.0370. The van der Waals surface area contributed by atoms with Gasteiger partial charge in [0.05, 0.1) is 6.54 Å². The van der Waals surface area contributed by atoms with Crippen molar-refractivity contribution in [1.82, 2.24) is 10.1 Å². The molecule has 3 N–H and O–H groups in total. The highest BCUT2D eigenvalue weighted by atomic mass is 16.5. The molecule has 7 heteroatoms. The zero-order chi connectivity index (χ0) is 12.8. The lowest BCUT2D eigenvalue weighted by Gasteiger charge is -2.15. The van der Waals surface area contributed by atoms with E-state index in [-0.39, 0.29) is 31.3 Å². The molecule has 0 unspecified atom stereocenters. The Bertz CT molecular complexity index is 402. The molecule has 0 saturated heterocycles. The second-order valence-corrected chi connectivity index (χ2v) is 3.66. The summed E-state index contributed by atoms with van der Waals surface area (Å²) in [7, 11) is 1.55. The van der Waals surface area contributed by atoms with Crippen molar-refractivity contribution in [2.45, 2.75) is 13.3 Å². The molecule has 17 heavy (non-hydrogen) atoms. The van der Waals surface area contributed by atoms with Gasteiger partial charge in [-0.05, 0) is 6.92 Å². The monoisotopic (exact) mass is 240 g/mol. The maximum Gasteiger partial charge on any atom is 0.245 e. The number of amides is 2. The molecule has 7 nitrogen and oxygen atoms in total. The third kappa shape index (κ3) is 4.23. The Balaban J connectivity index is 2.41. The van der Waals surface area contributed by atoms with Crippen molar-refractivity contribution in [2.75, 3.05) is 25.5 Å². The second kappa shape index (κ2) is 6.00. The molecule has 0 aliphatic rings. The number of likely N-dealkylation sites (N-methyl/N-ethyl adjacent to an activating group) is 1. The smallest absolute Gasteiger partial charge is 0.245 e. The molecule has 0 saturated carbocycles. The fourth-order valence-corrected chi connectivity index (χ4v) is 1.23. The third-order valence-corrected chi connectivity index (χ3v) is 2.06. The summed E-state index contributed by atoms with van der Waals surface area (Å²) in [5.74, 6) is 0.449. The number of nitrogens with two attached hydrogens (primary N) is 1. The van der Waals surface area contributed by atoms with E-state index < -0.39 is 0 Å². The highest BCUT2D eigenvalue weighted by molar-refractivity contribution is 5.93. The van der Waals surface area contributed by atoms with Gasteiger partial charge < -0.3 is 20.5 Å². The molecule has 1 aromatic heterocycles. The lowest BCUT2D eigenvalue weighted by molar-refractivity contribution is -0.133. The van der Waals surface area contributed by atoms with Crippen LogP contribution in [-0.2, 0) is 9.59 Å². The van der Waals surface area contributed by atoms with Gasteiger partial charge in [-0.15, -0.1) is 0 Å². The number of nitrogens with zero attached hydrogens (tertiary/aromatic N) is 2. The van der Waals surface area contributed by atoms with Crippen LogP contribution < -0.4 is 11.1 Å². The maximum atomic E-state index is 11.5. The average molecular weight is 240 g/mol. The van der Waals surface area contributed by atoms with Crippen LogP contribution in [0.15, 0.2) is 10.6 Å². The third-order valence-electron chi connectivity index (χ3n) is 2.06. The van der Waals surface area contributed by atoms with Gasteiger partial charge in [0.2, 0.25) is 11.8 Å². The summed E-state index contributed by atoms with van der Waals surface area (Å²) < 4.78 is 4.79. The van der Waals surface area contributed by atoms with Gasteiger partial charge in [-0.3, -0.25) is 9.59 Å². The Morgan fingerprint density at radius 3 is 2.82 bits per heavy atom. The van der Waals surface area contributed by atoms with Crippen LogP contribution in [0.3, 0.4) is 0 Å². The van der Waals surface area contributed by atoms with Gasteiger partial charge in [-0.2, -0.15) is 0 Å². The lowest BCUT2D eigenvalue weighted by atomic mass is 10.3. The van der Waals surface area contributed by atoms with Crippen LogP contribution in [0.4, 0.5) is 5.82 Å². The fraction of sp³-hybridized carbons (Fsp3) is 0.500. The number of hydrogen-bond donors (Lipinski definition) is 2. The summed E-state index contributed by atoms with van der Waals surface area (Å²) in [4.78, 5) is 24.2. The zero-order valence-corrected chi connectivity index (χ0v) is 9.90. The summed E-state index contributed by atoms with van der Waals surface area (Å²) in [5, 5.41) is 6.14. The Morgan fingerprint density at radius 2 is 2.29 bits per heavy atom. The van der Waals surface area contributed by atoms with E-state index in [0.717, 1.165) is 0 Å². The first kappa shape index (κ1) is 13.2. The lowest BCUT2D eigenvalue weighted by Crippen LogP contribution is -2.35. The molecule has 0 spiro atoms. The quantitative estimate of drug-likeness (QED) is 0.737. The highest BCUT2D eigenvalue weighted by Crippen LogP contribution is 2.06. The number of carbonyl (C=O) groups is 2. The fourth-order valence-electron chi connectivity index (χ4n) is 1.23. The van der Waals surface area contributed by atoms with E-state index in [0.29, 0.717) is 11.6 Å². The van der Waals surface area contributed by atoms with Gasteiger partial charge in [0.15, 0.2) is 5.82 Å². The summed E-state index contributed by atoms with van der Waals surface area (Å²) >= 11 is 0. The van der Waals surface area contributed by atoms with E-state index in [1.807, 2.05) is 0 Å². The molecule has 0 aromatic carbocycles. The SMILES string of the molecule is Cc1cc(NC(=O)CN(C)C(=O)CCN)no1. The average Bonchev–Trinajstić information content (AvgIpc) is 2.64. The van der Waals surface area contributed by atoms with E-state index >= 15 is 0 Å². The van der Waals surface area contributed by atoms with Crippen molar-refractivity contribution >= 4 is 17.6 Å². The number of rotatable bonds is 5. The normalized spacial score (nSPS) is 10.1. The number of aromatic nitrogens is 1. The second-order valence-electron chi connectivity index (χ2n) is 3.66. The molecule has 2 amide bonds. The van der Waals surface area contributed by atoms with Gasteiger partial charge in [0.25, 0.3) is 0 Å². The Hall–Kier alpha value is -1.89. The van der Waals surface area contributed by atoms with E-state index in [2.05, 4.69) is 10.5 Å². The number of hydrogen-bond acceptors (Lipinski definition) is 5. The largest absolute Gasteiger partial charge is 0.360 e. The first-order chi connectivity index (χ1) is 8.02. The Kier molecular flexibility index (Phi) is 4.65. The molecule has 0 radical (unpaired) electrons. The summed E-state index contributed by atoms with van der Waals surface area (Å²) in [6, 6.07) is 1.60. The summed E-state index contributed by atoms with van der Waals surface area (Å²) in [5.41, 5.74) is 5.25. The van der Waals surface area contributed by atoms with Crippen molar-refractivity contribution in [2.24, 2.45) is 5.73 Å². The van der Waals surface area contributed by atoms with Crippen molar-refractivity contribution in [3.63, 3.8) is 0 Å². The first-order valence-corrected chi connectivity index (χ1v) is 5.20. The van der Waals surface area contributed by atoms with E-state index in [9.17, 15) is 9.59 Å². The van der Waals surface area contributed by atoms with Crippen LogP contribution in [0.2, 0.25) is 0 Å². The van der Waals surface area contributed by atoms with Crippen molar-refractivity contribution in [3.05, 3.63) is 11.8 Å².